The van der Waals surface area contributed by atoms with Gasteiger partial charge in [0.15, 0.2) is 0 Å². The highest BCUT2D eigenvalue weighted by Gasteiger charge is 2.27. The van der Waals surface area contributed by atoms with Crippen LogP contribution in [-0.2, 0) is 19.0 Å². The minimum absolute atomic E-state index is 0.0194. The monoisotopic (exact) mass is 494 g/mol. The predicted molar refractivity (Wildman–Crippen MR) is 137 cm³/mol. The van der Waals surface area contributed by atoms with Crippen LogP contribution in [0.25, 0.3) is 0 Å². The van der Waals surface area contributed by atoms with Gasteiger partial charge in [-0.1, -0.05) is 31.2 Å². The summed E-state index contributed by atoms with van der Waals surface area (Å²) < 4.78 is 28.0. The molecule has 0 radical (unpaired) electrons. The van der Waals surface area contributed by atoms with E-state index in [4.69, 9.17) is 23.7 Å². The van der Waals surface area contributed by atoms with E-state index in [9.17, 15) is 4.79 Å². The molecule has 0 bridgehead atoms. The summed E-state index contributed by atoms with van der Waals surface area (Å²) in [5, 5.41) is 0. The highest BCUT2D eigenvalue weighted by molar-refractivity contribution is 5.70. The molecule has 2 saturated heterocycles. The summed E-state index contributed by atoms with van der Waals surface area (Å²) in [6.07, 6.45) is 4.82. The minimum Gasteiger partial charge on any atom is -0.491 e. The van der Waals surface area contributed by atoms with Gasteiger partial charge in [0.1, 0.15) is 43.0 Å². The lowest BCUT2D eigenvalue weighted by Crippen LogP contribution is -2.24. The summed E-state index contributed by atoms with van der Waals surface area (Å²) in [6.45, 7) is 9.04. The predicted octanol–water partition coefficient (Wildman–Crippen LogP) is 5.62. The van der Waals surface area contributed by atoms with Crippen LogP contribution in [0.1, 0.15) is 73.1 Å². The first-order valence-corrected chi connectivity index (χ1v) is 13.3. The fraction of sp³-hybridized carbons (Fsp3) is 0.567. The van der Waals surface area contributed by atoms with E-state index < -0.39 is 0 Å². The van der Waals surface area contributed by atoms with Crippen molar-refractivity contribution in [3.63, 3.8) is 0 Å². The number of epoxide rings is 2. The molecular formula is C30H38O6. The molecule has 36 heavy (non-hydrogen) atoms. The zero-order valence-electron chi connectivity index (χ0n) is 21.7. The molecule has 3 unspecified atom stereocenters. The molecule has 6 heteroatoms. The van der Waals surface area contributed by atoms with E-state index in [0.29, 0.717) is 25.6 Å². The van der Waals surface area contributed by atoms with E-state index in [1.807, 2.05) is 0 Å². The molecule has 5 rings (SSSR count). The second-order valence-corrected chi connectivity index (χ2v) is 10.7. The maximum atomic E-state index is 12.7. The lowest BCUT2D eigenvalue weighted by Gasteiger charge is -2.29. The topological polar surface area (TPSA) is 69.8 Å². The van der Waals surface area contributed by atoms with Crippen LogP contribution in [-0.4, -0.2) is 50.7 Å². The number of benzene rings is 2. The fourth-order valence-electron chi connectivity index (χ4n) is 5.14. The molecule has 2 aromatic carbocycles. The first-order chi connectivity index (χ1) is 17.4. The smallest absolute Gasteiger partial charge is 0.306 e. The quantitative estimate of drug-likeness (QED) is 0.298. The van der Waals surface area contributed by atoms with Crippen LogP contribution in [0.5, 0.6) is 11.5 Å². The SMILES string of the molecule is Cc1cc(C(C)CC(=O)OC2CCC(c3ccc(OCC4CO4)cc3)CC2)cc(C)c1OCC1CO1. The average Bonchev–Trinajstić information content (AvgIpc) is 3.78. The Morgan fingerprint density at radius 1 is 0.917 bits per heavy atom. The number of ether oxygens (including phenoxy) is 5. The highest BCUT2D eigenvalue weighted by atomic mass is 16.6. The minimum atomic E-state index is -0.103. The van der Waals surface area contributed by atoms with Gasteiger partial charge in [0.2, 0.25) is 0 Å². The molecule has 1 saturated carbocycles. The fourth-order valence-corrected chi connectivity index (χ4v) is 5.14. The zero-order valence-corrected chi connectivity index (χ0v) is 21.7. The molecule has 194 valence electrons. The summed E-state index contributed by atoms with van der Waals surface area (Å²) in [5.74, 6) is 2.33. The van der Waals surface area contributed by atoms with Gasteiger partial charge in [-0.2, -0.15) is 0 Å². The van der Waals surface area contributed by atoms with Crippen molar-refractivity contribution in [1.29, 1.82) is 0 Å². The molecule has 3 fully saturated rings. The number of hydrogen-bond acceptors (Lipinski definition) is 6. The summed E-state index contributed by atoms with van der Waals surface area (Å²) in [5.41, 5.74) is 4.69. The second-order valence-electron chi connectivity index (χ2n) is 10.7. The van der Waals surface area contributed by atoms with Crippen molar-refractivity contribution in [1.82, 2.24) is 0 Å². The maximum Gasteiger partial charge on any atom is 0.306 e. The third-order valence-corrected chi connectivity index (χ3v) is 7.50. The average molecular weight is 495 g/mol. The summed E-state index contributed by atoms with van der Waals surface area (Å²) in [7, 11) is 0. The normalized spacial score (nSPS) is 25.6. The number of hydrogen-bond donors (Lipinski definition) is 0. The Kier molecular flexibility index (Phi) is 7.82. The Bertz CT molecular complexity index is 1010. The molecule has 0 aromatic heterocycles. The molecule has 0 amide bonds. The number of aryl methyl sites for hydroxylation is 2. The Morgan fingerprint density at radius 3 is 2.08 bits per heavy atom. The van der Waals surface area contributed by atoms with E-state index in [2.05, 4.69) is 57.2 Å². The van der Waals surface area contributed by atoms with E-state index in [0.717, 1.165) is 67.1 Å². The van der Waals surface area contributed by atoms with Crippen LogP contribution >= 0.6 is 0 Å². The summed E-state index contributed by atoms with van der Waals surface area (Å²) in [6, 6.07) is 12.7. The van der Waals surface area contributed by atoms with E-state index in [1.54, 1.807) is 0 Å². The van der Waals surface area contributed by atoms with Crippen molar-refractivity contribution in [2.45, 2.75) is 83.0 Å². The van der Waals surface area contributed by atoms with Gasteiger partial charge < -0.3 is 23.7 Å². The molecule has 2 aliphatic heterocycles. The van der Waals surface area contributed by atoms with Crippen LogP contribution in [0.3, 0.4) is 0 Å². The molecule has 2 heterocycles. The van der Waals surface area contributed by atoms with Crippen molar-refractivity contribution >= 4 is 5.97 Å². The van der Waals surface area contributed by atoms with Gasteiger partial charge in [0.25, 0.3) is 0 Å². The molecule has 2 aromatic rings. The van der Waals surface area contributed by atoms with Gasteiger partial charge >= 0.3 is 5.97 Å². The Labute approximate surface area is 214 Å². The van der Waals surface area contributed by atoms with Crippen LogP contribution in [0, 0.1) is 13.8 Å². The molecule has 0 N–H and O–H groups in total. The Hall–Kier alpha value is -2.57. The van der Waals surface area contributed by atoms with Gasteiger partial charge in [0, 0.05) is 0 Å². The first kappa shape index (κ1) is 25.1. The standard InChI is InChI=1S/C30H38O6/c1-19(24-12-20(2)30(21(3)13-24)35-18-28-17-34-28)14-29(31)36-26-10-6-23(7-11-26)22-4-8-25(9-5-22)32-15-27-16-33-27/h4-5,8-9,12-13,19,23,26-28H,6-7,10-11,14-18H2,1-3H3. The molecule has 1 aliphatic carbocycles. The lowest BCUT2D eigenvalue weighted by atomic mass is 9.82. The van der Waals surface area contributed by atoms with Gasteiger partial charge in [-0.15, -0.1) is 0 Å². The van der Waals surface area contributed by atoms with E-state index >= 15 is 0 Å². The van der Waals surface area contributed by atoms with Crippen molar-refractivity contribution in [2.24, 2.45) is 0 Å². The first-order valence-electron chi connectivity index (χ1n) is 13.3. The van der Waals surface area contributed by atoms with Crippen LogP contribution in [0.15, 0.2) is 36.4 Å². The van der Waals surface area contributed by atoms with Crippen LogP contribution < -0.4 is 9.47 Å². The number of rotatable bonds is 11. The molecule has 3 aliphatic rings. The van der Waals surface area contributed by atoms with Crippen LogP contribution in [0.4, 0.5) is 0 Å². The zero-order chi connectivity index (χ0) is 25.1. The van der Waals surface area contributed by atoms with Crippen molar-refractivity contribution < 1.29 is 28.5 Å². The van der Waals surface area contributed by atoms with Gasteiger partial charge in [-0.05, 0) is 85.8 Å². The number of esters is 1. The Morgan fingerprint density at radius 2 is 1.50 bits per heavy atom. The van der Waals surface area contributed by atoms with E-state index in [1.165, 1.54) is 5.56 Å². The molecule has 0 spiro atoms. The van der Waals surface area contributed by atoms with E-state index in [-0.39, 0.29) is 30.2 Å². The largest absolute Gasteiger partial charge is 0.491 e. The lowest BCUT2D eigenvalue weighted by molar-refractivity contribution is -0.151. The highest BCUT2D eigenvalue weighted by Crippen LogP contribution is 2.36. The van der Waals surface area contributed by atoms with Gasteiger partial charge in [-0.3, -0.25) is 4.79 Å². The Balaban J connectivity index is 1.06. The maximum absolute atomic E-state index is 12.7. The number of carbonyl (C=O) groups excluding carboxylic acids is 1. The van der Waals surface area contributed by atoms with Crippen molar-refractivity contribution in [3.8, 4) is 11.5 Å². The van der Waals surface area contributed by atoms with Gasteiger partial charge in [-0.25, -0.2) is 0 Å². The van der Waals surface area contributed by atoms with Crippen molar-refractivity contribution in [2.75, 3.05) is 26.4 Å². The summed E-state index contributed by atoms with van der Waals surface area (Å²) >= 11 is 0. The third-order valence-electron chi connectivity index (χ3n) is 7.50. The van der Waals surface area contributed by atoms with Crippen molar-refractivity contribution in [3.05, 3.63) is 58.7 Å². The summed E-state index contributed by atoms with van der Waals surface area (Å²) in [4.78, 5) is 12.7. The number of carbonyl (C=O) groups is 1. The second kappa shape index (κ2) is 11.2. The molecular weight excluding hydrogens is 456 g/mol. The van der Waals surface area contributed by atoms with Gasteiger partial charge in [0.05, 0.1) is 19.6 Å². The molecule has 3 atom stereocenters. The molecule has 6 nitrogen and oxygen atoms in total. The van der Waals surface area contributed by atoms with Crippen LogP contribution in [0.2, 0.25) is 0 Å². The third kappa shape index (κ3) is 6.80.